The van der Waals surface area contributed by atoms with Gasteiger partial charge in [0.25, 0.3) is 5.91 Å². The zero-order chi connectivity index (χ0) is 21.1. The number of aromatic nitrogens is 3. The fraction of sp³-hybridized carbons (Fsp3) is 0.435. The van der Waals surface area contributed by atoms with E-state index in [-0.39, 0.29) is 12.5 Å². The molecule has 0 saturated heterocycles. The fourth-order valence-electron chi connectivity index (χ4n) is 4.48. The standard InChI is InChI=1S/C23H27N5O2/c1-22(2,13-29)26-21(30)19-18-10-16-9-17(16)20(18)28(27-19)23(3)7-6-15(12-25-23)14-5-4-8-24-11-14/h4-8,11-12,16-17,25,29H,9-10,13H2,1-3H3,(H,26,30)/t16-,17-,23?/m0/s1. The molecule has 2 aromatic heterocycles. The molecule has 1 fully saturated rings. The van der Waals surface area contributed by atoms with E-state index in [0.29, 0.717) is 17.5 Å². The molecule has 3 aliphatic rings. The number of allylic oxidation sites excluding steroid dienone is 2. The summed E-state index contributed by atoms with van der Waals surface area (Å²) in [5.74, 6) is 0.885. The summed E-state index contributed by atoms with van der Waals surface area (Å²) in [5, 5.41) is 20.7. The van der Waals surface area contributed by atoms with Gasteiger partial charge in [-0.25, -0.2) is 4.68 Å². The van der Waals surface area contributed by atoms with Crippen molar-refractivity contribution in [3.05, 3.63) is 65.4 Å². The highest BCUT2D eigenvalue weighted by Gasteiger charge is 2.52. The van der Waals surface area contributed by atoms with E-state index in [1.807, 2.05) is 29.2 Å². The number of carbonyl (C=O) groups is 1. The topological polar surface area (TPSA) is 92.1 Å². The molecule has 0 aromatic carbocycles. The van der Waals surface area contributed by atoms with Crippen molar-refractivity contribution in [2.75, 3.05) is 6.61 Å². The highest BCUT2D eigenvalue weighted by Crippen LogP contribution is 2.57. The number of hydrogen-bond acceptors (Lipinski definition) is 5. The number of dihydropyridines is 1. The molecule has 5 rings (SSSR count). The van der Waals surface area contributed by atoms with Crippen molar-refractivity contribution < 1.29 is 9.90 Å². The maximum absolute atomic E-state index is 13.0. The third-order valence-electron chi connectivity index (χ3n) is 6.37. The van der Waals surface area contributed by atoms with Gasteiger partial charge in [-0.15, -0.1) is 0 Å². The average Bonchev–Trinajstić information content (AvgIpc) is 3.23. The van der Waals surface area contributed by atoms with Crippen molar-refractivity contribution in [1.29, 1.82) is 0 Å². The Hall–Kier alpha value is -2.93. The maximum atomic E-state index is 13.0. The van der Waals surface area contributed by atoms with Gasteiger partial charge in [-0.05, 0) is 57.2 Å². The van der Waals surface area contributed by atoms with E-state index in [1.54, 1.807) is 20.0 Å². The van der Waals surface area contributed by atoms with Crippen LogP contribution in [0.1, 0.15) is 60.4 Å². The lowest BCUT2D eigenvalue weighted by molar-refractivity contribution is 0.0861. The maximum Gasteiger partial charge on any atom is 0.272 e. The number of pyridine rings is 1. The van der Waals surface area contributed by atoms with Crippen LogP contribution < -0.4 is 10.6 Å². The van der Waals surface area contributed by atoms with E-state index < -0.39 is 11.2 Å². The summed E-state index contributed by atoms with van der Waals surface area (Å²) in [6.07, 6.45) is 11.8. The van der Waals surface area contributed by atoms with Crippen LogP contribution >= 0.6 is 0 Å². The molecular formula is C23H27N5O2. The minimum absolute atomic E-state index is 0.128. The molecule has 2 aromatic rings. The van der Waals surface area contributed by atoms with Crippen LogP contribution in [0.25, 0.3) is 5.57 Å². The van der Waals surface area contributed by atoms with Gasteiger partial charge < -0.3 is 15.7 Å². The number of rotatable bonds is 5. The van der Waals surface area contributed by atoms with Crippen LogP contribution in [0.4, 0.5) is 0 Å². The van der Waals surface area contributed by atoms with Crippen LogP contribution in [0.5, 0.6) is 0 Å². The third kappa shape index (κ3) is 3.04. The van der Waals surface area contributed by atoms with E-state index in [4.69, 9.17) is 5.10 Å². The van der Waals surface area contributed by atoms with Crippen LogP contribution in [-0.4, -0.2) is 37.9 Å². The molecule has 1 aliphatic heterocycles. The smallest absolute Gasteiger partial charge is 0.272 e. The summed E-state index contributed by atoms with van der Waals surface area (Å²) in [5.41, 5.74) is 3.56. The second-order valence-electron chi connectivity index (χ2n) is 9.39. The van der Waals surface area contributed by atoms with Crippen molar-refractivity contribution in [3.8, 4) is 0 Å². The molecule has 3 heterocycles. The Bertz CT molecular complexity index is 1070. The van der Waals surface area contributed by atoms with Gasteiger partial charge in [-0.1, -0.05) is 12.1 Å². The first-order chi connectivity index (χ1) is 14.3. The van der Waals surface area contributed by atoms with Crippen molar-refractivity contribution in [2.24, 2.45) is 5.92 Å². The largest absolute Gasteiger partial charge is 0.394 e. The van der Waals surface area contributed by atoms with Crippen LogP contribution in [0, 0.1) is 5.92 Å². The Morgan fingerprint density at radius 2 is 2.30 bits per heavy atom. The molecule has 1 unspecified atom stereocenters. The zero-order valence-electron chi connectivity index (χ0n) is 17.5. The van der Waals surface area contributed by atoms with E-state index >= 15 is 0 Å². The number of hydrogen-bond donors (Lipinski definition) is 3. The van der Waals surface area contributed by atoms with E-state index in [0.717, 1.165) is 23.1 Å². The molecule has 3 N–H and O–H groups in total. The first kappa shape index (κ1) is 19.1. The Balaban J connectivity index is 1.48. The first-order valence-electron chi connectivity index (χ1n) is 10.4. The summed E-state index contributed by atoms with van der Waals surface area (Å²) < 4.78 is 1.99. The molecule has 0 spiro atoms. The molecule has 156 valence electrons. The molecule has 1 saturated carbocycles. The highest BCUT2D eigenvalue weighted by atomic mass is 16.3. The molecular weight excluding hydrogens is 378 g/mol. The van der Waals surface area contributed by atoms with Crippen LogP contribution in [0.2, 0.25) is 0 Å². The summed E-state index contributed by atoms with van der Waals surface area (Å²) in [7, 11) is 0. The van der Waals surface area contributed by atoms with Gasteiger partial charge in [-0.3, -0.25) is 9.78 Å². The number of fused-ring (bicyclic) bond motifs is 3. The number of carbonyl (C=O) groups excluding carboxylic acids is 1. The lowest BCUT2D eigenvalue weighted by Crippen LogP contribution is -2.47. The molecule has 2 aliphatic carbocycles. The summed E-state index contributed by atoms with van der Waals surface area (Å²) in [6, 6.07) is 3.95. The van der Waals surface area contributed by atoms with Crippen LogP contribution in [0.3, 0.4) is 0 Å². The number of nitrogens with one attached hydrogen (secondary N) is 2. The summed E-state index contributed by atoms with van der Waals surface area (Å²) in [6.45, 7) is 5.55. The lowest BCUT2D eigenvalue weighted by atomic mass is 10.0. The van der Waals surface area contributed by atoms with Crippen molar-refractivity contribution in [1.82, 2.24) is 25.4 Å². The quantitative estimate of drug-likeness (QED) is 0.710. The first-order valence-corrected chi connectivity index (χ1v) is 10.4. The predicted molar refractivity (Wildman–Crippen MR) is 114 cm³/mol. The van der Waals surface area contributed by atoms with Gasteiger partial charge in [0.1, 0.15) is 5.66 Å². The van der Waals surface area contributed by atoms with Gasteiger partial charge in [0.05, 0.1) is 12.1 Å². The van der Waals surface area contributed by atoms with Gasteiger partial charge in [-0.2, -0.15) is 5.10 Å². The van der Waals surface area contributed by atoms with Gasteiger partial charge >= 0.3 is 0 Å². The van der Waals surface area contributed by atoms with Crippen molar-refractivity contribution in [3.63, 3.8) is 0 Å². The van der Waals surface area contributed by atoms with E-state index in [2.05, 4.69) is 34.7 Å². The van der Waals surface area contributed by atoms with Gasteiger partial charge in [0.2, 0.25) is 0 Å². The second kappa shape index (κ2) is 6.54. The molecule has 0 bridgehead atoms. The number of aliphatic hydroxyl groups excluding tert-OH is 1. The number of amides is 1. The van der Waals surface area contributed by atoms with Crippen molar-refractivity contribution in [2.45, 2.75) is 50.7 Å². The van der Waals surface area contributed by atoms with Gasteiger partial charge in [0, 0.05) is 41.3 Å². The predicted octanol–water partition coefficient (Wildman–Crippen LogP) is 2.31. The third-order valence-corrected chi connectivity index (χ3v) is 6.37. The monoisotopic (exact) mass is 405 g/mol. The molecule has 30 heavy (non-hydrogen) atoms. The van der Waals surface area contributed by atoms with Gasteiger partial charge in [0.15, 0.2) is 5.69 Å². The zero-order valence-corrected chi connectivity index (χ0v) is 17.5. The Labute approximate surface area is 175 Å². The average molecular weight is 406 g/mol. The lowest BCUT2D eigenvalue weighted by Gasteiger charge is -2.32. The van der Waals surface area contributed by atoms with Crippen molar-refractivity contribution >= 4 is 11.5 Å². The fourth-order valence-corrected chi connectivity index (χ4v) is 4.48. The number of aliphatic hydroxyl groups is 1. The summed E-state index contributed by atoms with van der Waals surface area (Å²) in [4.78, 5) is 17.2. The number of nitrogens with zero attached hydrogens (tertiary/aromatic N) is 3. The second-order valence-corrected chi connectivity index (χ2v) is 9.39. The minimum atomic E-state index is -0.691. The van der Waals surface area contributed by atoms with E-state index in [1.165, 1.54) is 12.1 Å². The van der Waals surface area contributed by atoms with Crippen LogP contribution in [-0.2, 0) is 12.1 Å². The Morgan fingerprint density at radius 1 is 1.47 bits per heavy atom. The minimum Gasteiger partial charge on any atom is -0.394 e. The Kier molecular flexibility index (Phi) is 4.15. The highest BCUT2D eigenvalue weighted by molar-refractivity contribution is 5.95. The van der Waals surface area contributed by atoms with E-state index in [9.17, 15) is 9.90 Å². The van der Waals surface area contributed by atoms with Crippen LogP contribution in [0.15, 0.2) is 42.9 Å². The Morgan fingerprint density at radius 3 is 2.97 bits per heavy atom. The SMILES string of the molecule is CC(C)(CO)NC(=O)c1nn(C2(C)C=CC(c3cccnc3)=CN2)c2c1C[C@@H]1C[C@H]21. The molecule has 1 amide bonds. The molecule has 7 nitrogen and oxygen atoms in total. The molecule has 3 atom stereocenters. The normalized spacial score (nSPS) is 26.5. The summed E-state index contributed by atoms with van der Waals surface area (Å²) >= 11 is 0. The molecule has 7 heteroatoms. The molecule has 0 radical (unpaired) electrons.